The minimum Gasteiger partial charge on any atom is -0.335 e. The topological polar surface area (TPSA) is 50.2 Å². The van der Waals surface area contributed by atoms with E-state index in [2.05, 4.69) is 34.4 Å². The van der Waals surface area contributed by atoms with Gasteiger partial charge in [-0.2, -0.15) is 5.10 Å². The van der Waals surface area contributed by atoms with Gasteiger partial charge in [-0.25, -0.2) is 0 Å². The fraction of sp³-hybridized carbons (Fsp3) is 0.500. The molecule has 0 saturated carbocycles. The predicted octanol–water partition coefficient (Wildman–Crippen LogP) is 2.77. The zero-order valence-corrected chi connectivity index (χ0v) is 13.9. The lowest BCUT2D eigenvalue weighted by atomic mass is 10.2. The number of carbonyl (C=O) groups is 1. The molecule has 0 unspecified atom stereocenters. The maximum Gasteiger partial charge on any atom is 0.235 e. The summed E-state index contributed by atoms with van der Waals surface area (Å²) in [6, 6.07) is 4.24. The Morgan fingerprint density at radius 3 is 3.00 bits per heavy atom. The van der Waals surface area contributed by atoms with Crippen LogP contribution in [0.1, 0.15) is 37.2 Å². The van der Waals surface area contributed by atoms with Crippen LogP contribution in [-0.4, -0.2) is 33.7 Å². The molecule has 0 bridgehead atoms. The number of nitrogens with zero attached hydrogens (tertiary/aromatic N) is 3. The molecule has 0 aromatic carbocycles. The van der Waals surface area contributed by atoms with Crippen molar-refractivity contribution in [3.63, 3.8) is 0 Å². The van der Waals surface area contributed by atoms with Crippen LogP contribution in [0.5, 0.6) is 0 Å². The second-order valence-electron chi connectivity index (χ2n) is 5.75. The molecule has 0 spiro atoms. The lowest BCUT2D eigenvalue weighted by Gasteiger charge is -2.21. The number of hydrogen-bond donors (Lipinski definition) is 1. The van der Waals surface area contributed by atoms with Gasteiger partial charge in [-0.05, 0) is 18.6 Å². The molecular weight excluding hydrogens is 296 g/mol. The Morgan fingerprint density at radius 2 is 2.27 bits per heavy atom. The first-order valence-electron chi connectivity index (χ1n) is 7.79. The zero-order chi connectivity index (χ0) is 15.5. The Balaban J connectivity index is 1.74. The van der Waals surface area contributed by atoms with Gasteiger partial charge in [0, 0.05) is 35.1 Å². The molecule has 1 fully saturated rings. The summed E-state index contributed by atoms with van der Waals surface area (Å²) in [7, 11) is 1.92. The van der Waals surface area contributed by atoms with E-state index < -0.39 is 0 Å². The van der Waals surface area contributed by atoms with Crippen molar-refractivity contribution < 1.29 is 4.79 Å². The molecule has 0 aliphatic carbocycles. The second kappa shape index (κ2) is 6.62. The lowest BCUT2D eigenvalue weighted by molar-refractivity contribution is -0.118. The summed E-state index contributed by atoms with van der Waals surface area (Å²) >= 11 is 1.73. The first-order chi connectivity index (χ1) is 10.7. The van der Waals surface area contributed by atoms with Gasteiger partial charge in [-0.1, -0.05) is 19.8 Å². The average Bonchev–Trinajstić information content (AvgIpc) is 3.18. The van der Waals surface area contributed by atoms with Crippen molar-refractivity contribution in [2.45, 2.75) is 32.4 Å². The van der Waals surface area contributed by atoms with E-state index in [9.17, 15) is 4.79 Å². The highest BCUT2D eigenvalue weighted by atomic mass is 32.1. The van der Waals surface area contributed by atoms with E-state index in [-0.39, 0.29) is 12.1 Å². The average molecular weight is 318 g/mol. The van der Waals surface area contributed by atoms with Crippen LogP contribution in [0.25, 0.3) is 10.4 Å². The number of carbonyl (C=O) groups excluding carboxylic acids is 1. The van der Waals surface area contributed by atoms with E-state index in [4.69, 9.17) is 0 Å². The molecule has 2 aromatic rings. The number of aromatic nitrogens is 2. The van der Waals surface area contributed by atoms with Crippen LogP contribution in [0.3, 0.4) is 0 Å². The smallest absolute Gasteiger partial charge is 0.235 e. The maximum atomic E-state index is 11.8. The molecule has 1 saturated heterocycles. The van der Waals surface area contributed by atoms with Gasteiger partial charge >= 0.3 is 0 Å². The molecule has 3 heterocycles. The van der Waals surface area contributed by atoms with Gasteiger partial charge in [0.25, 0.3) is 0 Å². The third-order valence-corrected chi connectivity index (χ3v) is 5.13. The molecule has 1 amide bonds. The molecule has 1 N–H and O–H groups in total. The highest BCUT2D eigenvalue weighted by Gasteiger charge is 2.31. The predicted molar refractivity (Wildman–Crippen MR) is 88.5 cm³/mol. The van der Waals surface area contributed by atoms with Crippen LogP contribution in [0.4, 0.5) is 0 Å². The number of rotatable bonds is 6. The van der Waals surface area contributed by atoms with E-state index in [1.54, 1.807) is 11.3 Å². The Hall–Kier alpha value is -1.66. The Bertz CT molecular complexity index is 648. The lowest BCUT2D eigenvalue weighted by Crippen LogP contribution is -2.27. The van der Waals surface area contributed by atoms with Gasteiger partial charge in [-0.3, -0.25) is 14.4 Å². The molecule has 118 valence electrons. The van der Waals surface area contributed by atoms with Gasteiger partial charge in [-0.15, -0.1) is 11.3 Å². The highest BCUT2D eigenvalue weighted by molar-refractivity contribution is 7.15. The van der Waals surface area contributed by atoms with E-state index >= 15 is 0 Å². The molecule has 1 aliphatic heterocycles. The molecule has 3 rings (SSSR count). The number of unbranched alkanes of at least 4 members (excludes halogenated alkanes) is 2. The van der Waals surface area contributed by atoms with Crippen molar-refractivity contribution in [1.29, 1.82) is 0 Å². The first kappa shape index (κ1) is 15.2. The summed E-state index contributed by atoms with van der Waals surface area (Å²) in [4.78, 5) is 16.4. The normalized spacial score (nSPS) is 18.8. The Morgan fingerprint density at radius 1 is 1.41 bits per heavy atom. The molecule has 1 aliphatic rings. The van der Waals surface area contributed by atoms with Crippen LogP contribution < -0.4 is 5.32 Å². The number of thiophene rings is 1. The standard InChI is InChI=1S/C16H22N4OS/c1-3-4-5-8-20-11-15(21)18-16(20)14-7-6-13(22-14)12-9-17-19(2)10-12/h6-7,9-10,16H,3-5,8,11H2,1-2H3,(H,18,21)/t16-/m1/s1. The summed E-state index contributed by atoms with van der Waals surface area (Å²) < 4.78 is 1.81. The molecular formula is C16H22N4OS. The van der Waals surface area contributed by atoms with E-state index in [0.717, 1.165) is 18.5 Å². The van der Waals surface area contributed by atoms with Crippen molar-refractivity contribution in [2.24, 2.45) is 7.05 Å². The van der Waals surface area contributed by atoms with Gasteiger partial charge in [0.1, 0.15) is 6.17 Å². The second-order valence-corrected chi connectivity index (χ2v) is 6.87. The number of nitrogens with one attached hydrogen (secondary N) is 1. The first-order valence-corrected chi connectivity index (χ1v) is 8.61. The molecule has 1 atom stereocenters. The maximum absolute atomic E-state index is 11.8. The van der Waals surface area contributed by atoms with Crippen molar-refractivity contribution in [3.8, 4) is 10.4 Å². The summed E-state index contributed by atoms with van der Waals surface area (Å²) in [5, 5.41) is 7.31. The minimum atomic E-state index is 0.0276. The fourth-order valence-corrected chi connectivity index (χ4v) is 3.86. The fourth-order valence-electron chi connectivity index (χ4n) is 2.79. The Labute approximate surface area is 134 Å². The summed E-state index contributed by atoms with van der Waals surface area (Å²) in [5.74, 6) is 0.123. The monoisotopic (exact) mass is 318 g/mol. The number of amides is 1. The van der Waals surface area contributed by atoms with Crippen molar-refractivity contribution in [1.82, 2.24) is 20.0 Å². The van der Waals surface area contributed by atoms with Crippen molar-refractivity contribution in [2.75, 3.05) is 13.1 Å². The van der Waals surface area contributed by atoms with Crippen molar-refractivity contribution >= 4 is 17.2 Å². The summed E-state index contributed by atoms with van der Waals surface area (Å²) in [5.41, 5.74) is 1.13. The molecule has 6 heteroatoms. The van der Waals surface area contributed by atoms with Crippen LogP contribution in [0, 0.1) is 0 Å². The van der Waals surface area contributed by atoms with E-state index in [1.807, 2.05) is 24.1 Å². The zero-order valence-electron chi connectivity index (χ0n) is 13.1. The van der Waals surface area contributed by atoms with E-state index in [0.29, 0.717) is 6.54 Å². The third kappa shape index (κ3) is 3.23. The molecule has 0 radical (unpaired) electrons. The summed E-state index contributed by atoms with van der Waals surface area (Å²) in [6.07, 6.45) is 7.47. The SMILES string of the molecule is CCCCCN1CC(=O)N[C@H]1c1ccc(-c2cnn(C)c2)s1. The molecule has 2 aromatic heterocycles. The molecule has 5 nitrogen and oxygen atoms in total. The quantitative estimate of drug-likeness (QED) is 0.833. The largest absolute Gasteiger partial charge is 0.335 e. The number of hydrogen-bond acceptors (Lipinski definition) is 4. The van der Waals surface area contributed by atoms with Gasteiger partial charge in [0.15, 0.2) is 0 Å². The van der Waals surface area contributed by atoms with Gasteiger partial charge < -0.3 is 5.32 Å². The summed E-state index contributed by atoms with van der Waals surface area (Å²) in [6.45, 7) is 3.68. The van der Waals surface area contributed by atoms with Crippen LogP contribution in [-0.2, 0) is 11.8 Å². The van der Waals surface area contributed by atoms with Crippen LogP contribution >= 0.6 is 11.3 Å². The van der Waals surface area contributed by atoms with Gasteiger partial charge in [0.05, 0.1) is 12.7 Å². The van der Waals surface area contributed by atoms with E-state index in [1.165, 1.54) is 22.6 Å². The third-order valence-electron chi connectivity index (χ3n) is 3.94. The minimum absolute atomic E-state index is 0.0276. The van der Waals surface area contributed by atoms with Crippen LogP contribution in [0.2, 0.25) is 0 Å². The van der Waals surface area contributed by atoms with Crippen LogP contribution in [0.15, 0.2) is 24.5 Å². The molecule has 22 heavy (non-hydrogen) atoms. The van der Waals surface area contributed by atoms with Crippen molar-refractivity contribution in [3.05, 3.63) is 29.4 Å². The highest BCUT2D eigenvalue weighted by Crippen LogP contribution is 2.34. The number of aryl methyl sites for hydroxylation is 1. The van der Waals surface area contributed by atoms with Gasteiger partial charge in [0.2, 0.25) is 5.91 Å². The Kier molecular flexibility index (Phi) is 4.59.